The van der Waals surface area contributed by atoms with Gasteiger partial charge in [-0.2, -0.15) is 0 Å². The van der Waals surface area contributed by atoms with Gasteiger partial charge in [0, 0.05) is 12.0 Å². The van der Waals surface area contributed by atoms with Gasteiger partial charge in [0.2, 0.25) is 4.45 Å². The average molecular weight is 256 g/mol. The summed E-state index contributed by atoms with van der Waals surface area (Å²) in [7, 11) is 0. The van der Waals surface area contributed by atoms with Crippen molar-refractivity contribution in [2.45, 2.75) is 17.4 Å². The highest BCUT2D eigenvalue weighted by molar-refractivity contribution is 8.53. The Labute approximate surface area is 101 Å². The lowest BCUT2D eigenvalue weighted by atomic mass is 10.1. The van der Waals surface area contributed by atoms with Crippen LogP contribution in [0, 0.1) is 5.82 Å². The summed E-state index contributed by atoms with van der Waals surface area (Å²) in [6, 6.07) is 5.69. The molecule has 84 valence electrons. The molecule has 0 N–H and O–H groups in total. The number of rotatable bonds is 4. The number of ketones is 1. The van der Waals surface area contributed by atoms with Gasteiger partial charge in [0.05, 0.1) is 4.58 Å². The third-order valence-electron chi connectivity index (χ3n) is 2.21. The van der Waals surface area contributed by atoms with Crippen LogP contribution in [-0.4, -0.2) is 14.8 Å². The van der Waals surface area contributed by atoms with Crippen molar-refractivity contribution in [2.24, 2.45) is 0 Å². The molecule has 16 heavy (non-hydrogen) atoms. The first kappa shape index (κ1) is 11.7. The second-order valence-corrected chi connectivity index (χ2v) is 6.30. The smallest absolute Gasteiger partial charge is 0.248 e. The summed E-state index contributed by atoms with van der Waals surface area (Å²) < 4.78 is 13.2. The minimum absolute atomic E-state index is 0.0694. The van der Waals surface area contributed by atoms with Gasteiger partial charge in [0.25, 0.3) is 0 Å². The monoisotopic (exact) mass is 256 g/mol. The van der Waals surface area contributed by atoms with Crippen LogP contribution in [0.5, 0.6) is 0 Å². The Morgan fingerprint density at radius 1 is 1.38 bits per heavy atom. The number of thioether (sulfide) groups is 2. The summed E-state index contributed by atoms with van der Waals surface area (Å²) in [5, 5.41) is 0. The van der Waals surface area contributed by atoms with Crippen LogP contribution in [0.4, 0.5) is 9.18 Å². The first-order valence-electron chi connectivity index (χ1n) is 4.81. The molecule has 0 aliphatic carbocycles. The van der Waals surface area contributed by atoms with E-state index in [0.29, 0.717) is 18.4 Å². The summed E-state index contributed by atoms with van der Waals surface area (Å²) in [5.74, 6) is -0.464. The summed E-state index contributed by atoms with van der Waals surface area (Å²) in [4.78, 5) is 22.3. The van der Waals surface area contributed by atoms with Gasteiger partial charge in [-0.15, -0.1) is 0 Å². The third kappa shape index (κ3) is 2.86. The average Bonchev–Trinajstić information content (AvgIpc) is 2.22. The maximum absolute atomic E-state index is 12.8. The Morgan fingerprint density at radius 2 is 2.12 bits per heavy atom. The largest absolute Gasteiger partial charge is 0.294 e. The lowest BCUT2D eigenvalue weighted by Crippen LogP contribution is -2.14. The molecule has 0 bridgehead atoms. The van der Waals surface area contributed by atoms with Crippen LogP contribution in [0.1, 0.15) is 23.2 Å². The van der Waals surface area contributed by atoms with Crippen molar-refractivity contribution in [1.82, 2.24) is 0 Å². The van der Waals surface area contributed by atoms with E-state index < -0.39 is 5.82 Å². The van der Waals surface area contributed by atoms with E-state index in [4.69, 9.17) is 0 Å². The van der Waals surface area contributed by atoms with Gasteiger partial charge in [-0.25, -0.2) is 4.39 Å². The van der Waals surface area contributed by atoms with E-state index in [9.17, 15) is 14.0 Å². The number of halogens is 1. The Bertz CT molecular complexity index is 426. The second-order valence-electron chi connectivity index (χ2n) is 3.39. The normalized spacial score (nSPS) is 15.9. The zero-order valence-electron chi connectivity index (χ0n) is 8.31. The molecule has 1 aromatic carbocycles. The molecule has 0 spiro atoms. The van der Waals surface area contributed by atoms with Crippen molar-refractivity contribution in [2.75, 3.05) is 0 Å². The molecule has 5 heteroatoms. The van der Waals surface area contributed by atoms with Crippen LogP contribution in [0.2, 0.25) is 0 Å². The lowest BCUT2D eigenvalue weighted by Gasteiger charge is -2.21. The first-order chi connectivity index (χ1) is 7.65. The minimum Gasteiger partial charge on any atom is -0.294 e. The van der Waals surface area contributed by atoms with Gasteiger partial charge >= 0.3 is 0 Å². The van der Waals surface area contributed by atoms with Crippen molar-refractivity contribution in [3.8, 4) is 0 Å². The highest BCUT2D eigenvalue weighted by atomic mass is 32.3. The standard InChI is InChI=1S/C11H9FO2S2/c12-8-3-1-2-7(6-8)9(13)4-5-10-15-11(14)16-10/h1-3,6,10H,4-5H2. The fraction of sp³-hybridized carbons (Fsp3) is 0.273. The number of carbonyl (C=O) groups is 2. The summed E-state index contributed by atoms with van der Waals surface area (Å²) >= 11 is 2.53. The molecule has 1 aromatic rings. The Kier molecular flexibility index (Phi) is 3.66. The van der Waals surface area contributed by atoms with Crippen LogP contribution in [0.3, 0.4) is 0 Å². The quantitative estimate of drug-likeness (QED) is 0.769. The third-order valence-corrected chi connectivity index (χ3v) is 4.75. The highest BCUT2D eigenvalue weighted by Crippen LogP contribution is 2.44. The number of Topliss-reactive ketones (excluding diaryl/α,β-unsaturated/α-hetero) is 1. The molecule has 1 heterocycles. The highest BCUT2D eigenvalue weighted by Gasteiger charge is 2.28. The summed E-state index contributed by atoms with van der Waals surface area (Å²) in [6.45, 7) is 0. The van der Waals surface area contributed by atoms with Gasteiger partial charge in [-0.1, -0.05) is 35.7 Å². The molecular weight excluding hydrogens is 247 g/mol. The summed E-state index contributed by atoms with van der Waals surface area (Å²) in [5.41, 5.74) is 0.403. The van der Waals surface area contributed by atoms with E-state index in [-0.39, 0.29) is 14.8 Å². The number of carbonyl (C=O) groups excluding carboxylic acids is 2. The maximum Gasteiger partial charge on any atom is 0.248 e. The van der Waals surface area contributed by atoms with E-state index >= 15 is 0 Å². The summed E-state index contributed by atoms with van der Waals surface area (Å²) in [6.07, 6.45) is 1.03. The Morgan fingerprint density at radius 3 is 2.75 bits per heavy atom. The molecule has 0 atom stereocenters. The number of hydrogen-bond donors (Lipinski definition) is 0. The first-order valence-corrected chi connectivity index (χ1v) is 6.57. The van der Waals surface area contributed by atoms with Crippen molar-refractivity contribution >= 4 is 33.8 Å². The molecule has 0 saturated carbocycles. The molecule has 2 rings (SSSR count). The molecule has 0 unspecified atom stereocenters. The maximum atomic E-state index is 12.8. The topological polar surface area (TPSA) is 34.1 Å². The molecule has 1 fully saturated rings. The number of benzene rings is 1. The second kappa shape index (κ2) is 5.01. The van der Waals surface area contributed by atoms with Crippen LogP contribution in [0.15, 0.2) is 24.3 Å². The molecule has 0 aromatic heterocycles. The predicted molar refractivity (Wildman–Crippen MR) is 64.3 cm³/mol. The zero-order chi connectivity index (χ0) is 11.5. The van der Waals surface area contributed by atoms with Gasteiger partial charge in [-0.05, 0) is 18.6 Å². The van der Waals surface area contributed by atoms with Crippen molar-refractivity contribution in [1.29, 1.82) is 0 Å². The lowest BCUT2D eigenvalue weighted by molar-refractivity contribution is 0.0981. The van der Waals surface area contributed by atoms with E-state index in [2.05, 4.69) is 0 Å². The van der Waals surface area contributed by atoms with E-state index in [1.165, 1.54) is 41.7 Å². The van der Waals surface area contributed by atoms with Crippen molar-refractivity contribution < 1.29 is 14.0 Å². The van der Waals surface area contributed by atoms with E-state index in [1.54, 1.807) is 6.07 Å². The van der Waals surface area contributed by atoms with Crippen LogP contribution < -0.4 is 0 Å². The fourth-order valence-corrected chi connectivity index (χ4v) is 3.25. The van der Waals surface area contributed by atoms with Gasteiger partial charge in [0.1, 0.15) is 5.82 Å². The van der Waals surface area contributed by atoms with E-state index in [0.717, 1.165) is 0 Å². The van der Waals surface area contributed by atoms with Crippen molar-refractivity contribution in [3.63, 3.8) is 0 Å². The van der Waals surface area contributed by atoms with Gasteiger partial charge < -0.3 is 0 Å². The van der Waals surface area contributed by atoms with E-state index in [1.807, 2.05) is 0 Å². The Balaban J connectivity index is 1.86. The van der Waals surface area contributed by atoms with Crippen LogP contribution >= 0.6 is 23.5 Å². The van der Waals surface area contributed by atoms with Crippen LogP contribution in [0.25, 0.3) is 0 Å². The zero-order valence-corrected chi connectivity index (χ0v) is 9.94. The molecule has 1 saturated heterocycles. The predicted octanol–water partition coefficient (Wildman–Crippen LogP) is 3.71. The minimum atomic E-state index is -0.395. The molecule has 1 aliphatic heterocycles. The van der Waals surface area contributed by atoms with Crippen LogP contribution in [-0.2, 0) is 0 Å². The Hall–Kier alpha value is -0.810. The SMILES string of the molecule is O=C1SC(CCC(=O)c2cccc(F)c2)S1. The molecule has 1 aliphatic rings. The van der Waals surface area contributed by atoms with Gasteiger partial charge in [0.15, 0.2) is 5.78 Å². The number of hydrogen-bond acceptors (Lipinski definition) is 4. The molecule has 2 nitrogen and oxygen atoms in total. The fourth-order valence-electron chi connectivity index (χ4n) is 1.40. The van der Waals surface area contributed by atoms with Crippen molar-refractivity contribution in [3.05, 3.63) is 35.6 Å². The molecule has 0 amide bonds. The molecule has 0 radical (unpaired) electrons. The van der Waals surface area contributed by atoms with Gasteiger partial charge in [-0.3, -0.25) is 9.59 Å². The molecular formula is C11H9FO2S2.